The van der Waals surface area contributed by atoms with E-state index in [1.165, 1.54) is 4.90 Å². The number of nitrogens with zero attached hydrogens (tertiary/aromatic N) is 2. The number of amides is 1. The van der Waals surface area contributed by atoms with Crippen molar-refractivity contribution in [1.29, 1.82) is 0 Å². The number of carbonyl (C=O) groups is 1. The van der Waals surface area contributed by atoms with Gasteiger partial charge in [-0.2, -0.15) is 5.10 Å². The van der Waals surface area contributed by atoms with E-state index in [0.29, 0.717) is 18.2 Å². The van der Waals surface area contributed by atoms with E-state index in [0.717, 1.165) is 19.3 Å². The largest absolute Gasteiger partial charge is 0.340 e. The molecule has 0 atom stereocenters. The molecule has 6 nitrogen and oxygen atoms in total. The Balaban J connectivity index is 2.29. The van der Waals surface area contributed by atoms with E-state index < -0.39 is 15.0 Å². The van der Waals surface area contributed by atoms with Crippen LogP contribution in [0.25, 0.3) is 0 Å². The number of halogens is 1. The molecule has 0 radical (unpaired) electrons. The highest BCUT2D eigenvalue weighted by atomic mass is 35.7. The Morgan fingerprint density at radius 1 is 1.48 bits per heavy atom. The van der Waals surface area contributed by atoms with Crippen molar-refractivity contribution in [2.75, 3.05) is 13.6 Å². The van der Waals surface area contributed by atoms with E-state index in [9.17, 15) is 13.2 Å². The molecule has 0 unspecified atom stereocenters. The minimum Gasteiger partial charge on any atom is -0.340 e. The van der Waals surface area contributed by atoms with Crippen LogP contribution in [0.2, 0.25) is 0 Å². The Morgan fingerprint density at radius 3 is 2.57 bits per heavy atom. The smallest absolute Gasteiger partial charge is 0.275 e. The minimum atomic E-state index is -4.00. The lowest BCUT2D eigenvalue weighted by molar-refractivity contribution is 0.0779. The van der Waals surface area contributed by atoms with Crippen molar-refractivity contribution in [3.05, 3.63) is 11.4 Å². The summed E-state index contributed by atoms with van der Waals surface area (Å²) in [4.78, 5) is 13.7. The first-order chi connectivity index (χ1) is 9.71. The van der Waals surface area contributed by atoms with Crippen LogP contribution in [0.3, 0.4) is 0 Å². The molecule has 1 saturated carbocycles. The fourth-order valence-corrected chi connectivity index (χ4v) is 3.43. The van der Waals surface area contributed by atoms with Gasteiger partial charge in [-0.3, -0.25) is 9.89 Å². The predicted molar refractivity (Wildman–Crippen MR) is 80.0 cm³/mol. The molecule has 1 fully saturated rings. The van der Waals surface area contributed by atoms with Gasteiger partial charge in [0.15, 0.2) is 5.69 Å². The summed E-state index contributed by atoms with van der Waals surface area (Å²) in [6, 6.07) is 0. The number of H-pyrrole nitrogens is 1. The molecule has 1 aliphatic rings. The Kier molecular flexibility index (Phi) is 4.63. The molecule has 1 aromatic rings. The number of carbonyl (C=O) groups excluding carboxylic acids is 1. The van der Waals surface area contributed by atoms with Crippen molar-refractivity contribution in [1.82, 2.24) is 15.1 Å². The van der Waals surface area contributed by atoms with Gasteiger partial charge >= 0.3 is 0 Å². The molecule has 1 aliphatic carbocycles. The number of aromatic nitrogens is 2. The maximum atomic E-state index is 12.4. The molecule has 1 N–H and O–H groups in total. The standard InChI is InChI=1S/C13H20ClN3O3S/c1-8(2)6-7-17(3)13(18)11-12(21(14,19)20)10(15-16-11)9-4-5-9/h8-9H,4-7H2,1-3H3,(H,15,16). The first kappa shape index (κ1) is 16.3. The Hall–Kier alpha value is -1.08. The van der Waals surface area contributed by atoms with Crippen molar-refractivity contribution in [3.63, 3.8) is 0 Å². The number of hydrogen-bond donors (Lipinski definition) is 1. The molecule has 0 aliphatic heterocycles. The lowest BCUT2D eigenvalue weighted by atomic mass is 10.1. The molecule has 0 bridgehead atoms. The topological polar surface area (TPSA) is 83.1 Å². The summed E-state index contributed by atoms with van der Waals surface area (Å²) in [5.74, 6) is 0.152. The Labute approximate surface area is 129 Å². The third kappa shape index (κ3) is 3.77. The predicted octanol–water partition coefficient (Wildman–Crippen LogP) is 2.33. The van der Waals surface area contributed by atoms with Gasteiger partial charge in [0.25, 0.3) is 15.0 Å². The van der Waals surface area contributed by atoms with Crippen molar-refractivity contribution >= 4 is 25.6 Å². The molecule has 1 amide bonds. The van der Waals surface area contributed by atoms with Crippen molar-refractivity contribution in [3.8, 4) is 0 Å². The van der Waals surface area contributed by atoms with Gasteiger partial charge in [-0.05, 0) is 25.2 Å². The van der Waals surface area contributed by atoms with E-state index in [2.05, 4.69) is 24.0 Å². The van der Waals surface area contributed by atoms with Crippen LogP contribution in [0.4, 0.5) is 0 Å². The van der Waals surface area contributed by atoms with Crippen LogP contribution in [0.1, 0.15) is 55.2 Å². The molecular weight excluding hydrogens is 314 g/mol. The molecule has 0 saturated heterocycles. The highest BCUT2D eigenvalue weighted by Crippen LogP contribution is 2.43. The highest BCUT2D eigenvalue weighted by Gasteiger charge is 2.37. The highest BCUT2D eigenvalue weighted by molar-refractivity contribution is 8.13. The summed E-state index contributed by atoms with van der Waals surface area (Å²) in [5, 5.41) is 6.59. The Bertz CT molecular complexity index is 635. The molecule has 8 heteroatoms. The van der Waals surface area contributed by atoms with Gasteiger partial charge < -0.3 is 4.90 Å². The maximum absolute atomic E-state index is 12.4. The quantitative estimate of drug-likeness (QED) is 0.810. The van der Waals surface area contributed by atoms with Crippen molar-refractivity contribution in [2.45, 2.75) is 43.9 Å². The summed E-state index contributed by atoms with van der Waals surface area (Å²) in [6.07, 6.45) is 2.61. The SMILES string of the molecule is CC(C)CCN(C)C(=O)c1n[nH]c(C2CC2)c1S(=O)(=O)Cl. The van der Waals surface area contributed by atoms with Gasteiger partial charge in [-0.1, -0.05) is 13.8 Å². The number of aromatic amines is 1. The maximum Gasteiger partial charge on any atom is 0.275 e. The molecule has 21 heavy (non-hydrogen) atoms. The van der Waals surface area contributed by atoms with E-state index in [1.807, 2.05) is 0 Å². The van der Waals surface area contributed by atoms with Gasteiger partial charge in [0, 0.05) is 30.2 Å². The van der Waals surface area contributed by atoms with Crippen molar-refractivity contribution in [2.24, 2.45) is 5.92 Å². The van der Waals surface area contributed by atoms with Crippen LogP contribution in [0.5, 0.6) is 0 Å². The van der Waals surface area contributed by atoms with Crippen molar-refractivity contribution < 1.29 is 13.2 Å². The van der Waals surface area contributed by atoms with Crippen LogP contribution >= 0.6 is 10.7 Å². The normalized spacial score (nSPS) is 15.5. The molecule has 2 rings (SSSR count). The van der Waals surface area contributed by atoms with E-state index in [4.69, 9.17) is 10.7 Å². The summed E-state index contributed by atoms with van der Waals surface area (Å²) < 4.78 is 23.6. The second-order valence-corrected chi connectivity index (χ2v) is 8.44. The van der Waals surface area contributed by atoms with Crippen LogP contribution in [-0.4, -0.2) is 43.0 Å². The number of hydrogen-bond acceptors (Lipinski definition) is 4. The lowest BCUT2D eigenvalue weighted by Crippen LogP contribution is -2.29. The molecular formula is C13H20ClN3O3S. The summed E-state index contributed by atoms with van der Waals surface area (Å²) in [5.41, 5.74) is 0.365. The Morgan fingerprint density at radius 2 is 2.10 bits per heavy atom. The molecule has 1 heterocycles. The summed E-state index contributed by atoms with van der Waals surface area (Å²) in [6.45, 7) is 4.67. The summed E-state index contributed by atoms with van der Waals surface area (Å²) >= 11 is 0. The number of rotatable bonds is 6. The van der Waals surface area contributed by atoms with Crippen LogP contribution in [0, 0.1) is 5.92 Å². The van der Waals surface area contributed by atoms with Crippen LogP contribution in [0.15, 0.2) is 4.90 Å². The molecule has 0 aromatic carbocycles. The zero-order valence-electron chi connectivity index (χ0n) is 12.4. The monoisotopic (exact) mass is 333 g/mol. The zero-order valence-corrected chi connectivity index (χ0v) is 14.0. The fourth-order valence-electron chi connectivity index (χ4n) is 2.12. The molecule has 1 aromatic heterocycles. The first-order valence-electron chi connectivity index (χ1n) is 7.00. The number of nitrogens with one attached hydrogen (secondary N) is 1. The average Bonchev–Trinajstić information content (AvgIpc) is 3.12. The molecule has 0 spiro atoms. The zero-order chi connectivity index (χ0) is 15.8. The third-order valence-corrected chi connectivity index (χ3v) is 4.93. The van der Waals surface area contributed by atoms with Crippen LogP contribution in [-0.2, 0) is 9.05 Å². The van der Waals surface area contributed by atoms with Gasteiger partial charge in [-0.15, -0.1) is 0 Å². The van der Waals surface area contributed by atoms with Crippen LogP contribution < -0.4 is 0 Å². The second-order valence-electron chi connectivity index (χ2n) is 5.94. The second kappa shape index (κ2) is 5.96. The fraction of sp³-hybridized carbons (Fsp3) is 0.692. The van der Waals surface area contributed by atoms with Gasteiger partial charge in [-0.25, -0.2) is 8.42 Å². The van der Waals surface area contributed by atoms with Gasteiger partial charge in [0.05, 0.1) is 5.69 Å². The van der Waals surface area contributed by atoms with E-state index in [-0.39, 0.29) is 16.5 Å². The van der Waals surface area contributed by atoms with E-state index >= 15 is 0 Å². The molecule has 118 valence electrons. The van der Waals surface area contributed by atoms with Gasteiger partial charge in [0.2, 0.25) is 0 Å². The van der Waals surface area contributed by atoms with E-state index in [1.54, 1.807) is 7.05 Å². The van der Waals surface area contributed by atoms with Gasteiger partial charge in [0.1, 0.15) is 4.90 Å². The lowest BCUT2D eigenvalue weighted by Gasteiger charge is -2.17. The summed E-state index contributed by atoms with van der Waals surface area (Å²) in [7, 11) is 3.13. The average molecular weight is 334 g/mol. The minimum absolute atomic E-state index is 0.0989. The third-order valence-electron chi connectivity index (χ3n) is 3.57. The first-order valence-corrected chi connectivity index (χ1v) is 9.31.